The largest absolute Gasteiger partial charge is 0.497 e. The molecule has 0 bridgehead atoms. The molecule has 0 radical (unpaired) electrons. The number of carbonyl (C=O) groups excluding carboxylic acids is 3. The van der Waals surface area contributed by atoms with E-state index in [-0.39, 0.29) is 33.3 Å². The Labute approximate surface area is 246 Å². The number of rotatable bonds is 8. The summed E-state index contributed by atoms with van der Waals surface area (Å²) in [5.74, 6) is -2.21. The average Bonchev–Trinajstić information content (AvgIpc) is 3.43. The van der Waals surface area contributed by atoms with Crippen LogP contribution >= 0.6 is 22.9 Å². The molecule has 1 aromatic carbocycles. The lowest BCUT2D eigenvalue weighted by Crippen LogP contribution is -2.18. The maximum Gasteiger partial charge on any atom is 0.433 e. The first-order chi connectivity index (χ1) is 19.8. The second-order valence-electron chi connectivity index (χ2n) is 9.04. The van der Waals surface area contributed by atoms with Gasteiger partial charge >= 0.3 is 18.1 Å². The molecule has 1 N–H and O–H groups in total. The van der Waals surface area contributed by atoms with Crippen molar-refractivity contribution in [3.63, 3.8) is 0 Å². The van der Waals surface area contributed by atoms with E-state index in [1.807, 2.05) is 0 Å². The number of esters is 2. The lowest BCUT2D eigenvalue weighted by atomic mass is 10.1. The Kier molecular flexibility index (Phi) is 8.78. The van der Waals surface area contributed by atoms with Gasteiger partial charge in [-0.05, 0) is 51.5 Å². The van der Waals surface area contributed by atoms with Crippen LogP contribution in [0.3, 0.4) is 0 Å². The van der Waals surface area contributed by atoms with Crippen LogP contribution in [0.5, 0.6) is 5.75 Å². The molecule has 42 heavy (non-hydrogen) atoms. The van der Waals surface area contributed by atoms with Crippen LogP contribution in [0, 0.1) is 6.92 Å². The maximum absolute atomic E-state index is 14.1. The Hall–Kier alpha value is -4.17. The van der Waals surface area contributed by atoms with Crippen LogP contribution in [0.4, 0.5) is 18.2 Å². The molecule has 15 heteroatoms. The van der Waals surface area contributed by atoms with Crippen LogP contribution in [0.1, 0.15) is 62.5 Å². The number of ether oxygens (including phenoxy) is 3. The number of halogens is 4. The molecule has 0 fully saturated rings. The smallest absolute Gasteiger partial charge is 0.433 e. The Bertz CT molecular complexity index is 1700. The van der Waals surface area contributed by atoms with Crippen LogP contribution in [0.25, 0.3) is 16.9 Å². The molecule has 0 atom stereocenters. The van der Waals surface area contributed by atoms with Gasteiger partial charge in [-0.2, -0.15) is 18.3 Å². The van der Waals surface area contributed by atoms with Crippen molar-refractivity contribution >= 4 is 51.4 Å². The summed E-state index contributed by atoms with van der Waals surface area (Å²) < 4.78 is 58.3. The number of aromatic nitrogens is 3. The Morgan fingerprint density at radius 1 is 1.17 bits per heavy atom. The third kappa shape index (κ3) is 6.04. The number of hydrogen-bond acceptors (Lipinski definition) is 9. The number of amides is 1. The van der Waals surface area contributed by atoms with Crippen molar-refractivity contribution in [1.29, 1.82) is 0 Å². The van der Waals surface area contributed by atoms with E-state index in [1.165, 1.54) is 26.2 Å². The number of benzene rings is 1. The van der Waals surface area contributed by atoms with E-state index < -0.39 is 52.2 Å². The number of fused-ring (bicyclic) bond motifs is 1. The van der Waals surface area contributed by atoms with Gasteiger partial charge in [0.2, 0.25) is 0 Å². The Morgan fingerprint density at radius 3 is 2.50 bits per heavy atom. The molecule has 0 aliphatic rings. The molecule has 0 unspecified atom stereocenters. The highest BCUT2D eigenvalue weighted by Gasteiger charge is 2.37. The highest BCUT2D eigenvalue weighted by molar-refractivity contribution is 7.18. The van der Waals surface area contributed by atoms with E-state index in [1.54, 1.807) is 32.9 Å². The van der Waals surface area contributed by atoms with Crippen LogP contribution in [-0.2, 0) is 15.7 Å². The Morgan fingerprint density at radius 2 is 1.88 bits per heavy atom. The lowest BCUT2D eigenvalue weighted by molar-refractivity contribution is -0.142. The van der Waals surface area contributed by atoms with Crippen LogP contribution in [0.2, 0.25) is 5.02 Å². The van der Waals surface area contributed by atoms with Gasteiger partial charge in [-0.15, -0.1) is 11.3 Å². The molecular formula is C27H24ClF3N4O6S. The highest BCUT2D eigenvalue weighted by Crippen LogP contribution is 2.37. The molecule has 0 aliphatic carbocycles. The quantitative estimate of drug-likeness (QED) is 0.222. The predicted molar refractivity (Wildman–Crippen MR) is 149 cm³/mol. The minimum Gasteiger partial charge on any atom is -0.497 e. The van der Waals surface area contributed by atoms with Gasteiger partial charge in [0.15, 0.2) is 17.0 Å². The van der Waals surface area contributed by atoms with Gasteiger partial charge in [0, 0.05) is 5.56 Å². The summed E-state index contributed by atoms with van der Waals surface area (Å²) in [6.45, 7) is 6.38. The van der Waals surface area contributed by atoms with Gasteiger partial charge in [-0.25, -0.2) is 19.1 Å². The van der Waals surface area contributed by atoms with Crippen LogP contribution < -0.4 is 10.1 Å². The van der Waals surface area contributed by atoms with Gasteiger partial charge in [0.1, 0.15) is 20.7 Å². The van der Waals surface area contributed by atoms with Crippen molar-refractivity contribution in [1.82, 2.24) is 14.6 Å². The summed E-state index contributed by atoms with van der Waals surface area (Å²) in [4.78, 5) is 43.0. The molecule has 4 aromatic rings. The van der Waals surface area contributed by atoms with Crippen LogP contribution in [-0.4, -0.2) is 52.3 Å². The molecule has 0 spiro atoms. The fourth-order valence-corrected chi connectivity index (χ4v) is 5.27. The number of hydrogen-bond donors (Lipinski definition) is 1. The highest BCUT2D eigenvalue weighted by atomic mass is 35.5. The van der Waals surface area contributed by atoms with Gasteiger partial charge in [-0.1, -0.05) is 23.7 Å². The molecule has 0 saturated carbocycles. The monoisotopic (exact) mass is 624 g/mol. The van der Waals surface area contributed by atoms with Gasteiger partial charge in [0.25, 0.3) is 5.91 Å². The number of nitrogens with zero attached hydrogens (tertiary/aromatic N) is 3. The molecule has 3 aromatic heterocycles. The van der Waals surface area contributed by atoms with Gasteiger partial charge < -0.3 is 19.5 Å². The fraction of sp³-hybridized carbons (Fsp3) is 0.296. The summed E-state index contributed by atoms with van der Waals surface area (Å²) in [5.41, 5.74) is -1.95. The molecule has 3 heterocycles. The minimum absolute atomic E-state index is 0.0351. The second kappa shape index (κ2) is 12.0. The standard InChI is InChI=1S/C27H24ClF3N4O6S/c1-6-40-26(38)21-13(4)18(25(37)41-12(2)3)24(42-21)33-23(36)20-19(28)22-32-16(14-8-7-9-15(10-14)39-5)11-17(27(29,30)31)35(22)34-20/h7-12H,6H2,1-5H3,(H,33,36). The number of thiophene rings is 1. The van der Waals surface area contributed by atoms with Crippen molar-refractivity contribution in [2.24, 2.45) is 0 Å². The van der Waals surface area contributed by atoms with Crippen molar-refractivity contribution < 1.29 is 41.8 Å². The number of nitrogens with one attached hydrogen (secondary N) is 1. The molecule has 222 valence electrons. The summed E-state index contributed by atoms with van der Waals surface area (Å²) in [6.07, 6.45) is -5.42. The van der Waals surface area contributed by atoms with Gasteiger partial charge in [0.05, 0.1) is 31.1 Å². The lowest BCUT2D eigenvalue weighted by Gasteiger charge is -2.11. The molecule has 0 aliphatic heterocycles. The zero-order valence-corrected chi connectivity index (χ0v) is 24.5. The molecule has 4 rings (SSSR count). The van der Waals surface area contributed by atoms with E-state index in [4.69, 9.17) is 25.8 Å². The normalized spacial score (nSPS) is 11.6. The van der Waals surface area contributed by atoms with Crippen molar-refractivity contribution in [3.8, 4) is 17.0 Å². The van der Waals surface area contributed by atoms with E-state index >= 15 is 0 Å². The van der Waals surface area contributed by atoms with Crippen molar-refractivity contribution in [2.75, 3.05) is 19.0 Å². The summed E-state index contributed by atoms with van der Waals surface area (Å²) in [5, 5.41) is 5.71. The SMILES string of the molecule is CCOC(=O)c1sc(NC(=O)c2nn3c(C(F)(F)F)cc(-c4cccc(OC)c4)nc3c2Cl)c(C(=O)OC(C)C)c1C. The third-order valence-corrected chi connectivity index (χ3v) is 7.32. The van der Waals surface area contributed by atoms with E-state index in [2.05, 4.69) is 15.4 Å². The van der Waals surface area contributed by atoms with E-state index in [9.17, 15) is 27.6 Å². The average molecular weight is 625 g/mol. The minimum atomic E-state index is -4.90. The molecule has 10 nitrogen and oxygen atoms in total. The second-order valence-corrected chi connectivity index (χ2v) is 10.4. The van der Waals surface area contributed by atoms with E-state index in [0.29, 0.717) is 15.8 Å². The third-order valence-electron chi connectivity index (χ3n) is 5.79. The predicted octanol–water partition coefficient (Wildman–Crippen LogP) is 6.44. The zero-order valence-electron chi connectivity index (χ0n) is 22.9. The maximum atomic E-state index is 14.1. The summed E-state index contributed by atoms with van der Waals surface area (Å²) in [6, 6.07) is 7.01. The Balaban J connectivity index is 1.82. The number of anilines is 1. The van der Waals surface area contributed by atoms with Crippen molar-refractivity contribution in [3.05, 3.63) is 62.7 Å². The summed E-state index contributed by atoms with van der Waals surface area (Å²) >= 11 is 7.14. The zero-order chi connectivity index (χ0) is 30.9. The molecule has 1 amide bonds. The summed E-state index contributed by atoms with van der Waals surface area (Å²) in [7, 11) is 1.41. The van der Waals surface area contributed by atoms with Crippen molar-refractivity contribution in [2.45, 2.75) is 40.0 Å². The van der Waals surface area contributed by atoms with Crippen LogP contribution in [0.15, 0.2) is 30.3 Å². The fourth-order valence-electron chi connectivity index (χ4n) is 3.94. The van der Waals surface area contributed by atoms with E-state index in [0.717, 1.165) is 17.4 Å². The van der Waals surface area contributed by atoms with Gasteiger partial charge in [-0.3, -0.25) is 4.79 Å². The number of methoxy groups -OCH3 is 1. The number of carbonyl (C=O) groups is 3. The topological polar surface area (TPSA) is 121 Å². The first-order valence-electron chi connectivity index (χ1n) is 12.4. The molecule has 0 saturated heterocycles. The number of alkyl halides is 3. The first kappa shape index (κ1) is 30.8. The molecular weight excluding hydrogens is 601 g/mol. The first-order valence-corrected chi connectivity index (χ1v) is 13.6.